The van der Waals surface area contributed by atoms with Gasteiger partial charge in [0.25, 0.3) is 0 Å². The second kappa shape index (κ2) is 5.37. The SMILES string of the molecule is CNCC(O)Cc1ccccc1Br. The van der Waals surface area contributed by atoms with Crippen LogP contribution >= 0.6 is 15.9 Å². The van der Waals surface area contributed by atoms with E-state index in [4.69, 9.17) is 0 Å². The lowest BCUT2D eigenvalue weighted by atomic mass is 10.1. The lowest BCUT2D eigenvalue weighted by Gasteiger charge is -2.10. The third-order valence-electron chi connectivity index (χ3n) is 1.85. The molecule has 1 aromatic rings. The van der Waals surface area contributed by atoms with Crippen LogP contribution in [0.5, 0.6) is 0 Å². The Morgan fingerprint density at radius 2 is 2.15 bits per heavy atom. The number of benzene rings is 1. The van der Waals surface area contributed by atoms with Crippen LogP contribution in [-0.2, 0) is 6.42 Å². The van der Waals surface area contributed by atoms with Crippen LogP contribution in [0.3, 0.4) is 0 Å². The van der Waals surface area contributed by atoms with Crippen molar-refractivity contribution >= 4 is 15.9 Å². The Labute approximate surface area is 87.1 Å². The zero-order valence-corrected chi connectivity index (χ0v) is 9.21. The predicted octanol–water partition coefficient (Wildman–Crippen LogP) is 1.57. The molecule has 1 rings (SSSR count). The highest BCUT2D eigenvalue weighted by Gasteiger charge is 2.05. The normalized spacial score (nSPS) is 12.8. The Morgan fingerprint density at radius 3 is 2.77 bits per heavy atom. The van der Waals surface area contributed by atoms with Gasteiger partial charge in [-0.15, -0.1) is 0 Å². The zero-order valence-electron chi connectivity index (χ0n) is 7.63. The molecule has 0 bridgehead atoms. The van der Waals surface area contributed by atoms with Crippen molar-refractivity contribution in [2.75, 3.05) is 13.6 Å². The largest absolute Gasteiger partial charge is 0.391 e. The summed E-state index contributed by atoms with van der Waals surface area (Å²) in [6.45, 7) is 0.626. The van der Waals surface area contributed by atoms with Crippen molar-refractivity contribution in [1.82, 2.24) is 5.32 Å². The minimum absolute atomic E-state index is 0.316. The molecule has 0 fully saturated rings. The van der Waals surface area contributed by atoms with Gasteiger partial charge in [-0.25, -0.2) is 0 Å². The number of aliphatic hydroxyl groups excluding tert-OH is 1. The average Bonchev–Trinajstić information content (AvgIpc) is 2.09. The first-order valence-corrected chi connectivity index (χ1v) is 5.09. The molecular formula is C10H14BrNO. The van der Waals surface area contributed by atoms with Crippen molar-refractivity contribution < 1.29 is 5.11 Å². The first-order valence-electron chi connectivity index (χ1n) is 4.30. The van der Waals surface area contributed by atoms with E-state index in [1.807, 2.05) is 31.3 Å². The van der Waals surface area contributed by atoms with Crippen LogP contribution in [0.1, 0.15) is 5.56 Å². The Bertz CT molecular complexity index is 265. The van der Waals surface area contributed by atoms with E-state index < -0.39 is 0 Å². The second-order valence-electron chi connectivity index (χ2n) is 3.01. The topological polar surface area (TPSA) is 32.3 Å². The molecule has 0 saturated carbocycles. The molecule has 72 valence electrons. The number of halogens is 1. The fraction of sp³-hybridized carbons (Fsp3) is 0.400. The zero-order chi connectivity index (χ0) is 9.68. The van der Waals surface area contributed by atoms with E-state index in [0.717, 1.165) is 10.0 Å². The highest BCUT2D eigenvalue weighted by atomic mass is 79.9. The maximum Gasteiger partial charge on any atom is 0.0705 e. The Balaban J connectivity index is 2.58. The fourth-order valence-electron chi connectivity index (χ4n) is 1.23. The van der Waals surface area contributed by atoms with E-state index in [-0.39, 0.29) is 6.10 Å². The van der Waals surface area contributed by atoms with Gasteiger partial charge in [-0.1, -0.05) is 34.1 Å². The number of rotatable bonds is 4. The first-order chi connectivity index (χ1) is 6.24. The summed E-state index contributed by atoms with van der Waals surface area (Å²) in [7, 11) is 1.84. The Hall–Kier alpha value is -0.380. The van der Waals surface area contributed by atoms with Crippen LogP contribution in [-0.4, -0.2) is 24.8 Å². The van der Waals surface area contributed by atoms with Crippen molar-refractivity contribution in [1.29, 1.82) is 0 Å². The van der Waals surface area contributed by atoms with Crippen LogP contribution in [0.25, 0.3) is 0 Å². The monoisotopic (exact) mass is 243 g/mol. The number of hydrogen-bond acceptors (Lipinski definition) is 2. The molecule has 0 radical (unpaired) electrons. The Kier molecular flexibility index (Phi) is 4.42. The van der Waals surface area contributed by atoms with Gasteiger partial charge in [-0.2, -0.15) is 0 Å². The summed E-state index contributed by atoms with van der Waals surface area (Å²) in [5.41, 5.74) is 1.14. The molecular weight excluding hydrogens is 230 g/mol. The molecule has 1 unspecified atom stereocenters. The van der Waals surface area contributed by atoms with Gasteiger partial charge >= 0.3 is 0 Å². The molecule has 3 heteroatoms. The molecule has 1 aromatic carbocycles. The lowest BCUT2D eigenvalue weighted by molar-refractivity contribution is 0.174. The molecule has 0 spiro atoms. The minimum Gasteiger partial charge on any atom is -0.391 e. The lowest BCUT2D eigenvalue weighted by Crippen LogP contribution is -2.25. The van der Waals surface area contributed by atoms with Crippen LogP contribution in [0, 0.1) is 0 Å². The van der Waals surface area contributed by atoms with Gasteiger partial charge in [-0.3, -0.25) is 0 Å². The summed E-state index contributed by atoms with van der Waals surface area (Å²) in [5, 5.41) is 12.5. The smallest absolute Gasteiger partial charge is 0.0705 e. The second-order valence-corrected chi connectivity index (χ2v) is 3.86. The first kappa shape index (κ1) is 10.7. The number of nitrogens with one attached hydrogen (secondary N) is 1. The molecule has 2 nitrogen and oxygen atoms in total. The highest BCUT2D eigenvalue weighted by molar-refractivity contribution is 9.10. The van der Waals surface area contributed by atoms with Gasteiger partial charge in [-0.05, 0) is 18.7 Å². The minimum atomic E-state index is -0.316. The van der Waals surface area contributed by atoms with Crippen molar-refractivity contribution in [3.05, 3.63) is 34.3 Å². The summed E-state index contributed by atoms with van der Waals surface area (Å²) in [6.07, 6.45) is 0.367. The van der Waals surface area contributed by atoms with Crippen LogP contribution < -0.4 is 5.32 Å². The molecule has 2 N–H and O–H groups in total. The average molecular weight is 244 g/mol. The van der Waals surface area contributed by atoms with Gasteiger partial charge in [0, 0.05) is 17.4 Å². The van der Waals surface area contributed by atoms with Crippen LogP contribution in [0.15, 0.2) is 28.7 Å². The number of likely N-dealkylation sites (N-methyl/N-ethyl adjacent to an activating group) is 1. The van der Waals surface area contributed by atoms with Gasteiger partial charge in [0.05, 0.1) is 6.10 Å². The highest BCUT2D eigenvalue weighted by Crippen LogP contribution is 2.17. The molecule has 0 aliphatic rings. The van der Waals surface area contributed by atoms with Gasteiger partial charge in [0.1, 0.15) is 0 Å². The van der Waals surface area contributed by atoms with E-state index in [9.17, 15) is 5.11 Å². The molecule has 1 atom stereocenters. The predicted molar refractivity (Wildman–Crippen MR) is 57.8 cm³/mol. The van der Waals surface area contributed by atoms with Gasteiger partial charge in [0.15, 0.2) is 0 Å². The van der Waals surface area contributed by atoms with Crippen molar-refractivity contribution in [3.63, 3.8) is 0 Å². The molecule has 0 aliphatic heterocycles. The van der Waals surface area contributed by atoms with E-state index in [1.54, 1.807) is 0 Å². The molecule has 0 aliphatic carbocycles. The van der Waals surface area contributed by atoms with E-state index in [2.05, 4.69) is 21.2 Å². The number of aliphatic hydroxyl groups is 1. The van der Waals surface area contributed by atoms with E-state index in [0.29, 0.717) is 13.0 Å². The number of hydrogen-bond donors (Lipinski definition) is 2. The summed E-state index contributed by atoms with van der Waals surface area (Å²) < 4.78 is 1.06. The maximum absolute atomic E-state index is 9.54. The molecule has 0 aromatic heterocycles. The quantitative estimate of drug-likeness (QED) is 0.842. The third-order valence-corrected chi connectivity index (χ3v) is 2.63. The Morgan fingerprint density at radius 1 is 1.46 bits per heavy atom. The summed E-state index contributed by atoms with van der Waals surface area (Å²) in [6, 6.07) is 7.95. The molecule has 0 amide bonds. The summed E-state index contributed by atoms with van der Waals surface area (Å²) in [4.78, 5) is 0. The van der Waals surface area contributed by atoms with Crippen molar-refractivity contribution in [3.8, 4) is 0 Å². The standard InChI is InChI=1S/C10H14BrNO/c1-12-7-9(13)6-8-4-2-3-5-10(8)11/h2-5,9,12-13H,6-7H2,1H3. The van der Waals surface area contributed by atoms with Crippen molar-refractivity contribution in [2.24, 2.45) is 0 Å². The van der Waals surface area contributed by atoms with Gasteiger partial charge < -0.3 is 10.4 Å². The summed E-state index contributed by atoms with van der Waals surface area (Å²) in [5.74, 6) is 0. The molecule has 0 saturated heterocycles. The van der Waals surface area contributed by atoms with Crippen LogP contribution in [0.4, 0.5) is 0 Å². The maximum atomic E-state index is 9.54. The van der Waals surface area contributed by atoms with E-state index >= 15 is 0 Å². The molecule has 13 heavy (non-hydrogen) atoms. The fourth-order valence-corrected chi connectivity index (χ4v) is 1.67. The third kappa shape index (κ3) is 3.46. The van der Waals surface area contributed by atoms with Crippen molar-refractivity contribution in [2.45, 2.75) is 12.5 Å². The van der Waals surface area contributed by atoms with Gasteiger partial charge in [0.2, 0.25) is 0 Å². The van der Waals surface area contributed by atoms with E-state index in [1.165, 1.54) is 0 Å². The summed E-state index contributed by atoms with van der Waals surface area (Å²) >= 11 is 3.44. The molecule has 0 heterocycles. The van der Waals surface area contributed by atoms with Crippen LogP contribution in [0.2, 0.25) is 0 Å².